The van der Waals surface area contributed by atoms with E-state index < -0.39 is 0 Å². The van der Waals surface area contributed by atoms with Crippen LogP contribution in [0.15, 0.2) is 24.5 Å². The van der Waals surface area contributed by atoms with Crippen molar-refractivity contribution in [1.82, 2.24) is 0 Å². The second kappa shape index (κ2) is 7.28. The van der Waals surface area contributed by atoms with Crippen molar-refractivity contribution in [3.8, 4) is 0 Å². The Morgan fingerprint density at radius 3 is 2.78 bits per heavy atom. The van der Waals surface area contributed by atoms with Crippen molar-refractivity contribution in [2.45, 2.75) is 13.3 Å². The average molecular weight is 125 g/mol. The van der Waals surface area contributed by atoms with Crippen LogP contribution in [0, 0.1) is 6.92 Å². The van der Waals surface area contributed by atoms with Crippen LogP contribution in [-0.4, -0.2) is 6.61 Å². The Morgan fingerprint density at radius 2 is 2.22 bits per heavy atom. The van der Waals surface area contributed by atoms with E-state index in [1.807, 2.05) is 12.2 Å². The Hall–Kier alpha value is -0.720. The van der Waals surface area contributed by atoms with Gasteiger partial charge < -0.3 is 4.74 Å². The zero-order valence-corrected chi connectivity index (χ0v) is 5.84. The minimum atomic E-state index is 0.496. The first-order valence-corrected chi connectivity index (χ1v) is 3.14. The molecule has 0 fully saturated rings. The third-order valence-electron chi connectivity index (χ3n) is 0.776. The highest BCUT2D eigenvalue weighted by Crippen LogP contribution is 1.82. The molecule has 0 amide bonds. The molecule has 1 heteroatoms. The summed E-state index contributed by atoms with van der Waals surface area (Å²) >= 11 is 0. The summed E-state index contributed by atoms with van der Waals surface area (Å²) in [5.41, 5.74) is 0. The van der Waals surface area contributed by atoms with Gasteiger partial charge in [-0.3, -0.25) is 0 Å². The Labute approximate surface area is 57.0 Å². The van der Waals surface area contributed by atoms with Crippen molar-refractivity contribution in [3.05, 3.63) is 31.4 Å². The molecule has 0 heterocycles. The smallest absolute Gasteiger partial charge is 0.0874 e. The number of ether oxygens (including phenoxy) is 1. The largest absolute Gasteiger partial charge is 0.501 e. The molecule has 0 rings (SSSR count). The van der Waals surface area contributed by atoms with Crippen molar-refractivity contribution < 1.29 is 4.74 Å². The average Bonchev–Trinajstić information content (AvgIpc) is 1.89. The summed E-state index contributed by atoms with van der Waals surface area (Å²) in [5.74, 6) is 0. The summed E-state index contributed by atoms with van der Waals surface area (Å²) in [7, 11) is 0. The molecule has 0 spiro atoms. The van der Waals surface area contributed by atoms with Gasteiger partial charge in [0.25, 0.3) is 0 Å². The number of hydrogen-bond donors (Lipinski definition) is 0. The summed E-state index contributed by atoms with van der Waals surface area (Å²) in [6, 6.07) is 0. The summed E-state index contributed by atoms with van der Waals surface area (Å²) in [5, 5.41) is 0. The predicted molar refractivity (Wildman–Crippen MR) is 39.9 cm³/mol. The molecule has 0 aliphatic rings. The molecular formula is C8H13O. The molecule has 9 heavy (non-hydrogen) atoms. The second-order valence-corrected chi connectivity index (χ2v) is 1.54. The van der Waals surface area contributed by atoms with Crippen LogP contribution in [0.3, 0.4) is 0 Å². The molecular weight excluding hydrogens is 112 g/mol. The zero-order valence-electron chi connectivity index (χ0n) is 5.84. The van der Waals surface area contributed by atoms with Gasteiger partial charge in [-0.1, -0.05) is 19.1 Å². The van der Waals surface area contributed by atoms with Crippen LogP contribution in [0.25, 0.3) is 0 Å². The SMILES string of the molecule is [CH2]CO/C=C/C=C/CC. The van der Waals surface area contributed by atoms with Crippen LogP contribution >= 0.6 is 0 Å². The van der Waals surface area contributed by atoms with Crippen LogP contribution in [-0.2, 0) is 4.74 Å². The predicted octanol–water partition coefficient (Wildman–Crippen LogP) is 2.32. The van der Waals surface area contributed by atoms with Gasteiger partial charge in [0.15, 0.2) is 0 Å². The lowest BCUT2D eigenvalue weighted by atomic mass is 10.4. The lowest BCUT2D eigenvalue weighted by Gasteiger charge is -1.87. The van der Waals surface area contributed by atoms with Gasteiger partial charge in [-0.15, -0.1) is 0 Å². The molecule has 1 nitrogen and oxygen atoms in total. The standard InChI is InChI=1S/C8H13O/c1-3-5-6-7-8-9-4-2/h5-8H,2-4H2,1H3/b6-5+,8-7+. The molecule has 1 radical (unpaired) electrons. The minimum absolute atomic E-state index is 0.496. The third-order valence-corrected chi connectivity index (χ3v) is 0.776. The fourth-order valence-corrected chi connectivity index (χ4v) is 0.384. The molecule has 0 atom stereocenters. The zero-order chi connectivity index (χ0) is 6.95. The third kappa shape index (κ3) is 7.28. The van der Waals surface area contributed by atoms with Crippen LogP contribution < -0.4 is 0 Å². The fraction of sp³-hybridized carbons (Fsp3) is 0.375. The van der Waals surface area contributed by atoms with Gasteiger partial charge in [0.05, 0.1) is 12.9 Å². The topological polar surface area (TPSA) is 9.23 Å². The Morgan fingerprint density at radius 1 is 1.44 bits per heavy atom. The van der Waals surface area contributed by atoms with Gasteiger partial charge in [0, 0.05) is 0 Å². The Bertz CT molecular complexity index is 92.7. The Kier molecular flexibility index (Phi) is 6.70. The molecule has 0 aromatic heterocycles. The van der Waals surface area contributed by atoms with Crippen LogP contribution in [0.5, 0.6) is 0 Å². The van der Waals surface area contributed by atoms with Gasteiger partial charge in [-0.2, -0.15) is 0 Å². The number of allylic oxidation sites excluding steroid dienone is 3. The molecule has 0 aliphatic carbocycles. The van der Waals surface area contributed by atoms with Crippen LogP contribution in [0.2, 0.25) is 0 Å². The van der Waals surface area contributed by atoms with Crippen molar-refractivity contribution in [3.63, 3.8) is 0 Å². The van der Waals surface area contributed by atoms with E-state index in [0.717, 1.165) is 6.42 Å². The van der Waals surface area contributed by atoms with E-state index in [-0.39, 0.29) is 0 Å². The first-order chi connectivity index (χ1) is 4.41. The highest BCUT2D eigenvalue weighted by atomic mass is 16.5. The summed E-state index contributed by atoms with van der Waals surface area (Å²) in [6.45, 7) is 6.09. The highest BCUT2D eigenvalue weighted by Gasteiger charge is 1.65. The molecule has 0 aliphatic heterocycles. The lowest BCUT2D eigenvalue weighted by molar-refractivity contribution is 0.288. The molecule has 51 valence electrons. The Balaban J connectivity index is 3.13. The van der Waals surface area contributed by atoms with E-state index in [9.17, 15) is 0 Å². The van der Waals surface area contributed by atoms with Gasteiger partial charge in [0.2, 0.25) is 0 Å². The first kappa shape index (κ1) is 8.28. The maximum Gasteiger partial charge on any atom is 0.0874 e. The van der Waals surface area contributed by atoms with Gasteiger partial charge >= 0.3 is 0 Å². The van der Waals surface area contributed by atoms with Crippen molar-refractivity contribution in [1.29, 1.82) is 0 Å². The van der Waals surface area contributed by atoms with E-state index in [0.29, 0.717) is 6.61 Å². The lowest BCUT2D eigenvalue weighted by Crippen LogP contribution is -1.74. The van der Waals surface area contributed by atoms with E-state index in [1.165, 1.54) is 0 Å². The molecule has 0 saturated heterocycles. The monoisotopic (exact) mass is 125 g/mol. The van der Waals surface area contributed by atoms with Crippen LogP contribution in [0.1, 0.15) is 13.3 Å². The van der Waals surface area contributed by atoms with E-state index in [4.69, 9.17) is 4.74 Å². The number of hydrogen-bond acceptors (Lipinski definition) is 1. The molecule has 0 aromatic carbocycles. The van der Waals surface area contributed by atoms with Crippen molar-refractivity contribution in [2.24, 2.45) is 0 Å². The quantitative estimate of drug-likeness (QED) is 0.414. The fourth-order valence-electron chi connectivity index (χ4n) is 0.384. The molecule has 0 saturated carbocycles. The van der Waals surface area contributed by atoms with Gasteiger partial charge in [0.1, 0.15) is 0 Å². The molecule has 0 unspecified atom stereocenters. The van der Waals surface area contributed by atoms with E-state index in [1.54, 1.807) is 6.26 Å². The second-order valence-electron chi connectivity index (χ2n) is 1.54. The minimum Gasteiger partial charge on any atom is -0.501 e. The first-order valence-electron chi connectivity index (χ1n) is 3.14. The van der Waals surface area contributed by atoms with Gasteiger partial charge in [-0.05, 0) is 19.4 Å². The van der Waals surface area contributed by atoms with Gasteiger partial charge in [-0.25, -0.2) is 0 Å². The highest BCUT2D eigenvalue weighted by molar-refractivity contribution is 4.98. The summed E-state index contributed by atoms with van der Waals surface area (Å²) in [6.07, 6.45) is 8.57. The summed E-state index contributed by atoms with van der Waals surface area (Å²) in [4.78, 5) is 0. The number of rotatable bonds is 4. The van der Waals surface area contributed by atoms with Crippen molar-refractivity contribution in [2.75, 3.05) is 6.61 Å². The maximum absolute atomic E-state index is 4.84. The molecule has 0 bridgehead atoms. The van der Waals surface area contributed by atoms with Crippen LogP contribution in [0.4, 0.5) is 0 Å². The van der Waals surface area contributed by atoms with E-state index >= 15 is 0 Å². The molecule has 0 aromatic rings. The van der Waals surface area contributed by atoms with Crippen molar-refractivity contribution >= 4 is 0 Å². The maximum atomic E-state index is 4.84. The normalized spacial score (nSPS) is 11.3. The van der Waals surface area contributed by atoms with E-state index in [2.05, 4.69) is 19.9 Å². The molecule has 0 N–H and O–H groups in total. The summed E-state index contributed by atoms with van der Waals surface area (Å²) < 4.78 is 4.84.